The molecule has 6 heteroatoms. The lowest BCUT2D eigenvalue weighted by Gasteiger charge is -1.96. The van der Waals surface area contributed by atoms with Gasteiger partial charge in [-0.3, -0.25) is 0 Å². The van der Waals surface area contributed by atoms with Crippen LogP contribution in [0, 0.1) is 0 Å². The van der Waals surface area contributed by atoms with Crippen molar-refractivity contribution in [1.29, 1.82) is 0 Å². The Morgan fingerprint density at radius 1 is 1.53 bits per heavy atom. The molecule has 0 amide bonds. The number of rotatable bonds is 7. The van der Waals surface area contributed by atoms with E-state index in [9.17, 15) is 0 Å². The van der Waals surface area contributed by atoms with E-state index in [0.717, 1.165) is 28.3 Å². The van der Waals surface area contributed by atoms with Crippen molar-refractivity contribution in [3.63, 3.8) is 0 Å². The van der Waals surface area contributed by atoms with Crippen LogP contribution < -0.4 is 5.32 Å². The van der Waals surface area contributed by atoms with Gasteiger partial charge in [-0.05, 0) is 19.3 Å². The molecule has 1 fully saturated rings. The number of nitrogens with zero attached hydrogens (tertiary/aromatic N) is 2. The highest BCUT2D eigenvalue weighted by molar-refractivity contribution is 8.01. The zero-order chi connectivity index (χ0) is 10.5. The predicted octanol–water partition coefficient (Wildman–Crippen LogP) is 2.24. The van der Waals surface area contributed by atoms with Crippen molar-refractivity contribution in [2.75, 3.05) is 24.8 Å². The van der Waals surface area contributed by atoms with E-state index in [1.54, 1.807) is 30.2 Å². The molecule has 1 aliphatic rings. The third-order valence-electron chi connectivity index (χ3n) is 2.03. The Bertz CT molecular complexity index is 301. The number of nitrogens with one attached hydrogen (secondary N) is 1. The van der Waals surface area contributed by atoms with Gasteiger partial charge in [0.15, 0.2) is 4.34 Å². The molecule has 0 saturated heterocycles. The van der Waals surface area contributed by atoms with E-state index >= 15 is 0 Å². The second-order valence-electron chi connectivity index (χ2n) is 3.49. The molecule has 1 N–H and O–H groups in total. The van der Waals surface area contributed by atoms with Crippen LogP contribution in [0.2, 0.25) is 0 Å². The number of methoxy groups -OCH3 is 1. The van der Waals surface area contributed by atoms with Crippen molar-refractivity contribution in [2.24, 2.45) is 0 Å². The van der Waals surface area contributed by atoms with Crippen LogP contribution in [0.3, 0.4) is 0 Å². The van der Waals surface area contributed by atoms with Gasteiger partial charge in [-0.15, -0.1) is 10.2 Å². The SMILES string of the molecule is COCCCSc1nnc(NC2CC2)s1. The smallest absolute Gasteiger partial charge is 0.206 e. The third-order valence-corrected chi connectivity index (χ3v) is 4.10. The van der Waals surface area contributed by atoms with Crippen LogP contribution in [-0.2, 0) is 4.74 Å². The van der Waals surface area contributed by atoms with Gasteiger partial charge in [0.05, 0.1) is 0 Å². The fraction of sp³-hybridized carbons (Fsp3) is 0.778. The van der Waals surface area contributed by atoms with E-state index in [1.807, 2.05) is 0 Å². The minimum absolute atomic E-state index is 0.657. The molecule has 15 heavy (non-hydrogen) atoms. The van der Waals surface area contributed by atoms with Gasteiger partial charge in [-0.25, -0.2) is 0 Å². The van der Waals surface area contributed by atoms with Crippen molar-refractivity contribution in [2.45, 2.75) is 29.6 Å². The van der Waals surface area contributed by atoms with Crippen LogP contribution >= 0.6 is 23.1 Å². The molecular formula is C9H15N3OS2. The average molecular weight is 245 g/mol. The highest BCUT2D eigenvalue weighted by Crippen LogP contribution is 2.30. The Hall–Kier alpha value is -0.330. The summed E-state index contributed by atoms with van der Waals surface area (Å²) in [6.07, 6.45) is 3.61. The molecule has 0 spiro atoms. The Morgan fingerprint density at radius 3 is 3.13 bits per heavy atom. The average Bonchev–Trinajstić information content (AvgIpc) is 2.93. The number of aromatic nitrogens is 2. The number of ether oxygens (including phenoxy) is 1. The first-order chi connectivity index (χ1) is 7.38. The highest BCUT2D eigenvalue weighted by atomic mass is 32.2. The monoisotopic (exact) mass is 245 g/mol. The summed E-state index contributed by atoms with van der Waals surface area (Å²) in [4.78, 5) is 0. The van der Waals surface area contributed by atoms with Crippen LogP contribution in [0.25, 0.3) is 0 Å². The minimum atomic E-state index is 0.657. The van der Waals surface area contributed by atoms with Gasteiger partial charge in [0.2, 0.25) is 5.13 Å². The summed E-state index contributed by atoms with van der Waals surface area (Å²) in [6.45, 7) is 0.818. The summed E-state index contributed by atoms with van der Waals surface area (Å²) in [5.74, 6) is 1.05. The molecule has 1 aromatic rings. The van der Waals surface area contributed by atoms with Gasteiger partial charge < -0.3 is 10.1 Å². The van der Waals surface area contributed by atoms with E-state index in [0.29, 0.717) is 6.04 Å². The fourth-order valence-electron chi connectivity index (χ4n) is 1.09. The second-order valence-corrected chi connectivity index (χ2v) is 5.81. The summed E-state index contributed by atoms with van der Waals surface area (Å²) in [6, 6.07) is 0.657. The molecule has 0 bridgehead atoms. The maximum Gasteiger partial charge on any atom is 0.206 e. The Balaban J connectivity index is 1.69. The Kier molecular flexibility index (Phi) is 4.22. The first-order valence-electron chi connectivity index (χ1n) is 5.10. The molecular weight excluding hydrogens is 230 g/mol. The molecule has 4 nitrogen and oxygen atoms in total. The standard InChI is InChI=1S/C9H15N3OS2/c1-13-5-2-6-14-9-12-11-8(15-9)10-7-3-4-7/h7H,2-6H2,1H3,(H,10,11). The number of hydrogen-bond donors (Lipinski definition) is 1. The fourth-order valence-corrected chi connectivity index (χ4v) is 2.90. The zero-order valence-corrected chi connectivity index (χ0v) is 10.4. The first-order valence-corrected chi connectivity index (χ1v) is 6.90. The maximum absolute atomic E-state index is 4.99. The van der Waals surface area contributed by atoms with Crippen molar-refractivity contribution in [1.82, 2.24) is 10.2 Å². The van der Waals surface area contributed by atoms with Crippen LogP contribution in [0.15, 0.2) is 4.34 Å². The van der Waals surface area contributed by atoms with Gasteiger partial charge in [-0.1, -0.05) is 23.1 Å². The van der Waals surface area contributed by atoms with Gasteiger partial charge in [0.1, 0.15) is 0 Å². The van der Waals surface area contributed by atoms with Crippen molar-refractivity contribution >= 4 is 28.2 Å². The van der Waals surface area contributed by atoms with Gasteiger partial charge >= 0.3 is 0 Å². The summed E-state index contributed by atoms with van der Waals surface area (Å²) in [7, 11) is 1.73. The third kappa shape index (κ3) is 3.96. The lowest BCUT2D eigenvalue weighted by molar-refractivity contribution is 0.200. The predicted molar refractivity (Wildman–Crippen MR) is 63.8 cm³/mol. The van der Waals surface area contributed by atoms with Crippen molar-refractivity contribution in [3.05, 3.63) is 0 Å². The lowest BCUT2D eigenvalue weighted by atomic mass is 10.5. The molecule has 0 unspecified atom stereocenters. The lowest BCUT2D eigenvalue weighted by Crippen LogP contribution is -1.99. The maximum atomic E-state index is 4.99. The van der Waals surface area contributed by atoms with Crippen LogP contribution in [0.1, 0.15) is 19.3 Å². The number of anilines is 1. The molecule has 0 radical (unpaired) electrons. The molecule has 0 aromatic carbocycles. The van der Waals surface area contributed by atoms with Gasteiger partial charge in [-0.2, -0.15) is 0 Å². The van der Waals surface area contributed by atoms with E-state index in [1.165, 1.54) is 12.8 Å². The van der Waals surface area contributed by atoms with Crippen LogP contribution in [-0.4, -0.2) is 35.7 Å². The molecule has 1 aromatic heterocycles. The van der Waals surface area contributed by atoms with Crippen molar-refractivity contribution < 1.29 is 4.74 Å². The van der Waals surface area contributed by atoms with Gasteiger partial charge in [0, 0.05) is 25.5 Å². The summed E-state index contributed by atoms with van der Waals surface area (Å²) in [5, 5.41) is 12.5. The summed E-state index contributed by atoms with van der Waals surface area (Å²) >= 11 is 3.40. The quantitative estimate of drug-likeness (QED) is 0.589. The molecule has 0 atom stereocenters. The molecule has 1 heterocycles. The topological polar surface area (TPSA) is 47.0 Å². The largest absolute Gasteiger partial charge is 0.385 e. The zero-order valence-electron chi connectivity index (χ0n) is 8.73. The van der Waals surface area contributed by atoms with Gasteiger partial charge in [0.25, 0.3) is 0 Å². The minimum Gasteiger partial charge on any atom is -0.385 e. The molecule has 84 valence electrons. The molecule has 1 saturated carbocycles. The van der Waals surface area contributed by atoms with E-state index in [4.69, 9.17) is 4.74 Å². The highest BCUT2D eigenvalue weighted by Gasteiger charge is 2.22. The Labute approximate surface area is 97.8 Å². The van der Waals surface area contributed by atoms with Crippen LogP contribution in [0.5, 0.6) is 0 Å². The second kappa shape index (κ2) is 5.67. The molecule has 0 aliphatic heterocycles. The summed E-state index contributed by atoms with van der Waals surface area (Å²) < 4.78 is 6.04. The first kappa shape index (κ1) is 11.2. The normalized spacial score (nSPS) is 15.5. The molecule has 1 aliphatic carbocycles. The number of thioether (sulfide) groups is 1. The van der Waals surface area contributed by atoms with Crippen molar-refractivity contribution in [3.8, 4) is 0 Å². The number of hydrogen-bond acceptors (Lipinski definition) is 6. The molecule has 2 rings (SSSR count). The summed E-state index contributed by atoms with van der Waals surface area (Å²) in [5.41, 5.74) is 0. The Morgan fingerprint density at radius 2 is 2.40 bits per heavy atom. The van der Waals surface area contributed by atoms with E-state index in [2.05, 4.69) is 15.5 Å². The van der Waals surface area contributed by atoms with E-state index in [-0.39, 0.29) is 0 Å². The van der Waals surface area contributed by atoms with Crippen LogP contribution in [0.4, 0.5) is 5.13 Å². The van der Waals surface area contributed by atoms with E-state index < -0.39 is 0 Å².